The lowest BCUT2D eigenvalue weighted by Gasteiger charge is -2.12. The zero-order chi connectivity index (χ0) is 18.5. The van der Waals surface area contributed by atoms with Gasteiger partial charge in [0.25, 0.3) is 11.8 Å². The lowest BCUT2D eigenvalue weighted by atomic mass is 10.1. The van der Waals surface area contributed by atoms with E-state index in [4.69, 9.17) is 5.11 Å². The molecule has 1 aromatic heterocycles. The number of rotatable bonds is 5. The monoisotopic (exact) mass is 354 g/mol. The fourth-order valence-electron chi connectivity index (χ4n) is 2.89. The average molecular weight is 354 g/mol. The molecular formula is C18H18N4O4. The van der Waals surface area contributed by atoms with Crippen LogP contribution in [0.1, 0.15) is 57.0 Å². The normalized spacial score (nSPS) is 14.0. The van der Waals surface area contributed by atoms with Crippen LogP contribution in [-0.2, 0) is 0 Å². The van der Waals surface area contributed by atoms with E-state index in [9.17, 15) is 14.4 Å². The van der Waals surface area contributed by atoms with Crippen LogP contribution in [0.25, 0.3) is 0 Å². The quantitative estimate of drug-likeness (QED) is 0.756. The fourth-order valence-corrected chi connectivity index (χ4v) is 2.89. The van der Waals surface area contributed by atoms with Crippen LogP contribution in [0.4, 0.5) is 5.69 Å². The molecule has 0 unspecified atom stereocenters. The number of hydrogen-bond donors (Lipinski definition) is 3. The minimum absolute atomic E-state index is 0.142. The molecule has 1 aliphatic carbocycles. The number of amides is 2. The molecule has 134 valence electrons. The van der Waals surface area contributed by atoms with Crippen molar-refractivity contribution >= 4 is 23.5 Å². The van der Waals surface area contributed by atoms with Gasteiger partial charge < -0.3 is 15.7 Å². The zero-order valence-electron chi connectivity index (χ0n) is 13.9. The molecule has 3 rings (SSSR count). The Balaban J connectivity index is 1.66. The highest BCUT2D eigenvalue weighted by Crippen LogP contribution is 2.18. The van der Waals surface area contributed by atoms with E-state index in [1.807, 2.05) is 0 Å². The second-order valence-electron chi connectivity index (χ2n) is 6.05. The first-order valence-corrected chi connectivity index (χ1v) is 8.31. The largest absolute Gasteiger partial charge is 0.476 e. The van der Waals surface area contributed by atoms with Crippen molar-refractivity contribution < 1.29 is 19.5 Å². The van der Waals surface area contributed by atoms with E-state index >= 15 is 0 Å². The van der Waals surface area contributed by atoms with E-state index in [1.165, 1.54) is 12.4 Å². The lowest BCUT2D eigenvalue weighted by molar-refractivity contribution is 0.0684. The van der Waals surface area contributed by atoms with Crippen molar-refractivity contribution in [2.75, 3.05) is 5.32 Å². The summed E-state index contributed by atoms with van der Waals surface area (Å²) >= 11 is 0. The molecule has 1 heterocycles. The summed E-state index contributed by atoms with van der Waals surface area (Å²) in [5.41, 5.74) is 0.232. The first-order chi connectivity index (χ1) is 12.5. The number of carboxylic acids is 1. The van der Waals surface area contributed by atoms with Crippen molar-refractivity contribution in [2.24, 2.45) is 0 Å². The minimum Gasteiger partial charge on any atom is -0.476 e. The van der Waals surface area contributed by atoms with E-state index in [2.05, 4.69) is 20.6 Å². The van der Waals surface area contributed by atoms with Gasteiger partial charge in [-0.15, -0.1) is 0 Å². The number of anilines is 1. The topological polar surface area (TPSA) is 121 Å². The molecule has 8 heteroatoms. The molecule has 0 radical (unpaired) electrons. The van der Waals surface area contributed by atoms with Gasteiger partial charge in [0.05, 0.1) is 0 Å². The number of benzene rings is 1. The Labute approximate surface area is 149 Å². The van der Waals surface area contributed by atoms with Gasteiger partial charge in [-0.2, -0.15) is 0 Å². The second-order valence-corrected chi connectivity index (χ2v) is 6.05. The van der Waals surface area contributed by atoms with Gasteiger partial charge in [0.1, 0.15) is 0 Å². The zero-order valence-corrected chi connectivity index (χ0v) is 13.9. The smallest absolute Gasteiger partial charge is 0.356 e. The SMILES string of the molecule is O=C(NC1CCCC1)c1ccc(NC(=O)c2nccnc2C(=O)O)cc1. The van der Waals surface area contributed by atoms with Gasteiger partial charge in [-0.3, -0.25) is 9.59 Å². The van der Waals surface area contributed by atoms with Gasteiger partial charge in [0.2, 0.25) is 0 Å². The third-order valence-corrected chi connectivity index (χ3v) is 4.21. The van der Waals surface area contributed by atoms with Crippen molar-refractivity contribution in [2.45, 2.75) is 31.7 Å². The van der Waals surface area contributed by atoms with Crippen molar-refractivity contribution in [3.05, 3.63) is 53.6 Å². The number of aromatic nitrogens is 2. The van der Waals surface area contributed by atoms with Crippen LogP contribution in [0, 0.1) is 0 Å². The van der Waals surface area contributed by atoms with Crippen LogP contribution in [0.2, 0.25) is 0 Å². The van der Waals surface area contributed by atoms with E-state index in [0.717, 1.165) is 25.7 Å². The van der Waals surface area contributed by atoms with Crippen LogP contribution in [0.3, 0.4) is 0 Å². The molecule has 0 spiro atoms. The molecular weight excluding hydrogens is 336 g/mol. The fraction of sp³-hybridized carbons (Fsp3) is 0.278. The summed E-state index contributed by atoms with van der Waals surface area (Å²) in [5.74, 6) is -2.15. The Morgan fingerprint density at radius 3 is 2.15 bits per heavy atom. The summed E-state index contributed by atoms with van der Waals surface area (Å²) in [6.07, 6.45) is 6.73. The van der Waals surface area contributed by atoms with Gasteiger partial charge in [-0.25, -0.2) is 14.8 Å². The Morgan fingerprint density at radius 1 is 0.923 bits per heavy atom. The molecule has 1 aromatic carbocycles. The number of nitrogens with one attached hydrogen (secondary N) is 2. The van der Waals surface area contributed by atoms with Crippen LogP contribution >= 0.6 is 0 Å². The lowest BCUT2D eigenvalue weighted by Crippen LogP contribution is -2.32. The molecule has 3 N–H and O–H groups in total. The number of carboxylic acid groups (broad SMARTS) is 1. The average Bonchev–Trinajstić information content (AvgIpc) is 3.15. The summed E-state index contributed by atoms with van der Waals surface area (Å²) in [6.45, 7) is 0. The summed E-state index contributed by atoms with van der Waals surface area (Å²) in [5, 5.41) is 14.6. The Hall–Kier alpha value is -3.29. The predicted molar refractivity (Wildman–Crippen MR) is 93.1 cm³/mol. The number of carbonyl (C=O) groups excluding carboxylic acids is 2. The van der Waals surface area contributed by atoms with Crippen molar-refractivity contribution in [1.82, 2.24) is 15.3 Å². The molecule has 2 amide bonds. The van der Waals surface area contributed by atoms with Crippen LogP contribution < -0.4 is 10.6 Å². The number of aromatic carboxylic acids is 1. The van der Waals surface area contributed by atoms with Gasteiger partial charge >= 0.3 is 5.97 Å². The molecule has 1 saturated carbocycles. The molecule has 0 aliphatic heterocycles. The van der Waals surface area contributed by atoms with Crippen molar-refractivity contribution in [3.8, 4) is 0 Å². The molecule has 0 bridgehead atoms. The molecule has 1 aliphatic rings. The molecule has 0 atom stereocenters. The van der Waals surface area contributed by atoms with E-state index in [-0.39, 0.29) is 17.6 Å². The van der Waals surface area contributed by atoms with Crippen LogP contribution in [0.15, 0.2) is 36.7 Å². The van der Waals surface area contributed by atoms with Gasteiger partial charge in [-0.05, 0) is 37.1 Å². The maximum absolute atomic E-state index is 12.2. The third-order valence-electron chi connectivity index (χ3n) is 4.21. The second kappa shape index (κ2) is 7.73. The third kappa shape index (κ3) is 4.02. The summed E-state index contributed by atoms with van der Waals surface area (Å²) in [7, 11) is 0. The first-order valence-electron chi connectivity index (χ1n) is 8.31. The molecule has 8 nitrogen and oxygen atoms in total. The number of nitrogens with zero attached hydrogens (tertiary/aromatic N) is 2. The molecule has 26 heavy (non-hydrogen) atoms. The maximum atomic E-state index is 12.2. The van der Waals surface area contributed by atoms with Crippen LogP contribution in [-0.4, -0.2) is 38.9 Å². The van der Waals surface area contributed by atoms with Crippen molar-refractivity contribution in [1.29, 1.82) is 0 Å². The highest BCUT2D eigenvalue weighted by Gasteiger charge is 2.20. The first kappa shape index (κ1) is 17.5. The summed E-state index contributed by atoms with van der Waals surface area (Å²) in [6, 6.07) is 6.60. The van der Waals surface area contributed by atoms with E-state index in [0.29, 0.717) is 11.3 Å². The predicted octanol–water partition coefficient (Wildman–Crippen LogP) is 2.10. The van der Waals surface area contributed by atoms with E-state index in [1.54, 1.807) is 24.3 Å². The van der Waals surface area contributed by atoms with E-state index < -0.39 is 17.6 Å². The minimum atomic E-state index is -1.33. The standard InChI is InChI=1S/C18H18N4O4/c23-16(21-12-3-1-2-4-12)11-5-7-13(8-6-11)22-17(24)14-15(18(25)26)20-10-9-19-14/h5-10,12H,1-4H2,(H,21,23)(H,22,24)(H,25,26). The summed E-state index contributed by atoms with van der Waals surface area (Å²) in [4.78, 5) is 43.0. The molecule has 1 fully saturated rings. The Kier molecular flexibility index (Phi) is 5.21. The van der Waals surface area contributed by atoms with Gasteiger partial charge in [0.15, 0.2) is 11.4 Å². The van der Waals surface area contributed by atoms with Crippen molar-refractivity contribution in [3.63, 3.8) is 0 Å². The maximum Gasteiger partial charge on any atom is 0.356 e. The Bertz CT molecular complexity index is 829. The highest BCUT2D eigenvalue weighted by molar-refractivity contribution is 6.08. The molecule has 2 aromatic rings. The van der Waals surface area contributed by atoms with Gasteiger partial charge in [0, 0.05) is 29.7 Å². The summed E-state index contributed by atoms with van der Waals surface area (Å²) < 4.78 is 0. The Morgan fingerprint density at radius 2 is 1.54 bits per heavy atom. The highest BCUT2D eigenvalue weighted by atomic mass is 16.4. The van der Waals surface area contributed by atoms with Crippen LogP contribution in [0.5, 0.6) is 0 Å². The van der Waals surface area contributed by atoms with Gasteiger partial charge in [-0.1, -0.05) is 12.8 Å². The molecule has 0 saturated heterocycles. The number of carbonyl (C=O) groups is 3. The number of hydrogen-bond acceptors (Lipinski definition) is 5.